The molecule has 1 atom stereocenters. The molecule has 0 aromatic heterocycles. The van der Waals surface area contributed by atoms with Gasteiger partial charge in [-0.2, -0.15) is 5.26 Å². The number of carbonyl (C=O) groups excluding carboxylic acids is 1. The lowest BCUT2D eigenvalue weighted by atomic mass is 10.2. The molecule has 0 saturated heterocycles. The second-order valence-electron chi connectivity index (χ2n) is 3.60. The molecule has 3 N–H and O–H groups in total. The van der Waals surface area contributed by atoms with E-state index in [0.717, 1.165) is 5.56 Å². The lowest BCUT2D eigenvalue weighted by molar-refractivity contribution is -0.119. The number of hydrogen-bond acceptors (Lipinski definition) is 4. The molecular weight excluding hydrogens is 218 g/mol. The van der Waals surface area contributed by atoms with Gasteiger partial charge in [0.05, 0.1) is 6.04 Å². The van der Waals surface area contributed by atoms with Gasteiger partial charge in [0.15, 0.2) is 6.61 Å². The fourth-order valence-electron chi connectivity index (χ4n) is 1.19. The maximum Gasteiger partial charge on any atom is 0.234 e. The van der Waals surface area contributed by atoms with E-state index in [1.807, 2.05) is 18.2 Å². The van der Waals surface area contributed by atoms with Crippen molar-refractivity contribution in [2.24, 2.45) is 5.73 Å². The molecule has 0 aliphatic rings. The Morgan fingerprint density at radius 2 is 2.18 bits per heavy atom. The Bertz CT molecular complexity index is 409. The highest BCUT2D eigenvalue weighted by atomic mass is 16.5. The summed E-state index contributed by atoms with van der Waals surface area (Å²) in [7, 11) is 0. The predicted octanol–water partition coefficient (Wildman–Crippen LogP) is 0.552. The molecule has 90 valence electrons. The van der Waals surface area contributed by atoms with E-state index < -0.39 is 0 Å². The Labute approximate surface area is 100 Å². The van der Waals surface area contributed by atoms with E-state index >= 15 is 0 Å². The molecule has 1 unspecified atom stereocenters. The highest BCUT2D eigenvalue weighted by molar-refractivity contribution is 5.79. The number of primary amides is 1. The van der Waals surface area contributed by atoms with Crippen LogP contribution in [-0.2, 0) is 11.3 Å². The minimum absolute atomic E-state index is 0.0380. The minimum Gasteiger partial charge on any atom is -0.479 e. The van der Waals surface area contributed by atoms with E-state index in [4.69, 9.17) is 15.7 Å². The van der Waals surface area contributed by atoms with Crippen molar-refractivity contribution in [1.29, 1.82) is 5.26 Å². The Morgan fingerprint density at radius 3 is 2.71 bits per heavy atom. The molecule has 0 aliphatic heterocycles. The molecule has 0 saturated carbocycles. The van der Waals surface area contributed by atoms with E-state index in [2.05, 4.69) is 5.32 Å². The van der Waals surface area contributed by atoms with Crippen molar-refractivity contribution in [2.45, 2.75) is 19.5 Å². The van der Waals surface area contributed by atoms with Crippen molar-refractivity contribution < 1.29 is 9.53 Å². The molecule has 1 aromatic carbocycles. The van der Waals surface area contributed by atoms with Gasteiger partial charge in [-0.15, -0.1) is 0 Å². The largest absolute Gasteiger partial charge is 0.479 e. The summed E-state index contributed by atoms with van der Waals surface area (Å²) in [5.74, 6) is 0.275. The van der Waals surface area contributed by atoms with Crippen molar-refractivity contribution >= 4 is 5.91 Å². The van der Waals surface area contributed by atoms with Crippen LogP contribution in [-0.4, -0.2) is 18.6 Å². The first kappa shape index (κ1) is 13.0. The van der Waals surface area contributed by atoms with Gasteiger partial charge < -0.3 is 15.8 Å². The zero-order valence-electron chi connectivity index (χ0n) is 9.64. The number of nitriles is 1. The van der Waals surface area contributed by atoms with Crippen LogP contribution in [0.25, 0.3) is 0 Å². The molecule has 1 aromatic rings. The van der Waals surface area contributed by atoms with Gasteiger partial charge >= 0.3 is 0 Å². The van der Waals surface area contributed by atoms with Crippen molar-refractivity contribution in [2.75, 3.05) is 6.61 Å². The predicted molar refractivity (Wildman–Crippen MR) is 63.0 cm³/mol. The Kier molecular flexibility index (Phi) is 4.98. The van der Waals surface area contributed by atoms with Gasteiger partial charge in [-0.1, -0.05) is 12.1 Å². The standard InChI is InChI=1S/C12H15N3O2/c1-9(12(14)16)15-8-10-2-4-11(5-3-10)17-7-6-13/h2-5,9,15H,7-8H2,1H3,(H2,14,16). The highest BCUT2D eigenvalue weighted by Gasteiger charge is 2.06. The van der Waals surface area contributed by atoms with E-state index in [1.165, 1.54) is 0 Å². The Hall–Kier alpha value is -2.06. The Morgan fingerprint density at radius 1 is 1.53 bits per heavy atom. The highest BCUT2D eigenvalue weighted by Crippen LogP contribution is 2.11. The number of nitrogens with one attached hydrogen (secondary N) is 1. The summed E-state index contributed by atoms with van der Waals surface area (Å²) in [5, 5.41) is 11.3. The van der Waals surface area contributed by atoms with Crippen molar-refractivity contribution in [3.05, 3.63) is 29.8 Å². The second-order valence-corrected chi connectivity index (χ2v) is 3.60. The summed E-state index contributed by atoms with van der Waals surface area (Å²) < 4.78 is 5.12. The smallest absolute Gasteiger partial charge is 0.234 e. The third-order valence-electron chi connectivity index (χ3n) is 2.27. The number of rotatable bonds is 6. The second kappa shape index (κ2) is 6.51. The lowest BCUT2D eigenvalue weighted by Crippen LogP contribution is -2.38. The molecule has 0 radical (unpaired) electrons. The zero-order chi connectivity index (χ0) is 12.7. The maximum atomic E-state index is 10.8. The van der Waals surface area contributed by atoms with Crippen LogP contribution >= 0.6 is 0 Å². The summed E-state index contributed by atoms with van der Waals surface area (Å²) in [6.45, 7) is 2.31. The summed E-state index contributed by atoms with van der Waals surface area (Å²) in [6.07, 6.45) is 0. The summed E-state index contributed by atoms with van der Waals surface area (Å²) in [5.41, 5.74) is 6.14. The van der Waals surface area contributed by atoms with E-state index in [-0.39, 0.29) is 18.6 Å². The molecule has 5 heteroatoms. The van der Waals surface area contributed by atoms with Crippen LogP contribution in [0.5, 0.6) is 5.75 Å². The number of amides is 1. The molecule has 0 aliphatic carbocycles. The number of nitrogens with two attached hydrogens (primary N) is 1. The van der Waals surface area contributed by atoms with Gasteiger partial charge in [-0.3, -0.25) is 4.79 Å². The molecule has 0 heterocycles. The van der Waals surface area contributed by atoms with Gasteiger partial charge in [0.1, 0.15) is 11.8 Å². The average Bonchev–Trinajstić information content (AvgIpc) is 2.34. The zero-order valence-corrected chi connectivity index (χ0v) is 9.64. The van der Waals surface area contributed by atoms with Crippen LogP contribution in [0.4, 0.5) is 0 Å². The molecule has 1 amide bonds. The molecular formula is C12H15N3O2. The number of ether oxygens (including phenoxy) is 1. The number of benzene rings is 1. The quantitative estimate of drug-likeness (QED) is 0.751. The van der Waals surface area contributed by atoms with Crippen LogP contribution in [0, 0.1) is 11.3 Å². The third-order valence-corrected chi connectivity index (χ3v) is 2.27. The fourth-order valence-corrected chi connectivity index (χ4v) is 1.19. The van der Waals surface area contributed by atoms with Crippen molar-refractivity contribution in [1.82, 2.24) is 5.32 Å². The lowest BCUT2D eigenvalue weighted by Gasteiger charge is -2.10. The van der Waals surface area contributed by atoms with Crippen LogP contribution in [0.15, 0.2) is 24.3 Å². The molecule has 17 heavy (non-hydrogen) atoms. The van der Waals surface area contributed by atoms with E-state index in [9.17, 15) is 4.79 Å². The topological polar surface area (TPSA) is 88.1 Å². The average molecular weight is 233 g/mol. The van der Waals surface area contributed by atoms with Gasteiger partial charge in [0.2, 0.25) is 5.91 Å². The normalized spacial score (nSPS) is 11.5. The van der Waals surface area contributed by atoms with Gasteiger partial charge in [0, 0.05) is 6.54 Å². The number of carbonyl (C=O) groups is 1. The van der Waals surface area contributed by atoms with Crippen LogP contribution < -0.4 is 15.8 Å². The number of hydrogen-bond donors (Lipinski definition) is 2. The third kappa shape index (κ3) is 4.53. The first-order chi connectivity index (χ1) is 8.13. The Balaban J connectivity index is 2.46. The first-order valence-corrected chi connectivity index (χ1v) is 5.25. The molecule has 1 rings (SSSR count). The van der Waals surface area contributed by atoms with Crippen molar-refractivity contribution in [3.63, 3.8) is 0 Å². The molecule has 0 spiro atoms. The van der Waals surface area contributed by atoms with E-state index in [1.54, 1.807) is 19.1 Å². The molecule has 5 nitrogen and oxygen atoms in total. The van der Waals surface area contributed by atoms with Gasteiger partial charge in [-0.05, 0) is 24.6 Å². The summed E-state index contributed by atoms with van der Waals surface area (Å²) in [6, 6.07) is 8.84. The maximum absolute atomic E-state index is 10.8. The van der Waals surface area contributed by atoms with Crippen LogP contribution in [0.1, 0.15) is 12.5 Å². The fraction of sp³-hybridized carbons (Fsp3) is 0.333. The SMILES string of the molecule is CC(NCc1ccc(OCC#N)cc1)C(N)=O. The summed E-state index contributed by atoms with van der Waals surface area (Å²) >= 11 is 0. The molecule has 0 fully saturated rings. The monoisotopic (exact) mass is 233 g/mol. The van der Waals surface area contributed by atoms with E-state index in [0.29, 0.717) is 12.3 Å². The summed E-state index contributed by atoms with van der Waals surface area (Å²) in [4.78, 5) is 10.8. The van der Waals surface area contributed by atoms with Crippen LogP contribution in [0.2, 0.25) is 0 Å². The molecule has 0 bridgehead atoms. The van der Waals surface area contributed by atoms with Gasteiger partial charge in [0.25, 0.3) is 0 Å². The van der Waals surface area contributed by atoms with Gasteiger partial charge in [-0.25, -0.2) is 0 Å². The van der Waals surface area contributed by atoms with Crippen LogP contribution in [0.3, 0.4) is 0 Å². The van der Waals surface area contributed by atoms with Crippen molar-refractivity contribution in [3.8, 4) is 11.8 Å². The minimum atomic E-state index is -0.376. The number of nitrogens with zero attached hydrogens (tertiary/aromatic N) is 1. The first-order valence-electron chi connectivity index (χ1n) is 5.25.